The van der Waals surface area contributed by atoms with E-state index < -0.39 is 0 Å². The number of ether oxygens (including phenoxy) is 3. The Balaban J connectivity index is 1.99. The molecule has 3 N–H and O–H groups in total. The van der Waals surface area contributed by atoms with Crippen molar-refractivity contribution in [3.63, 3.8) is 0 Å². The summed E-state index contributed by atoms with van der Waals surface area (Å²) in [5, 5.41) is 3.07. The van der Waals surface area contributed by atoms with Crippen LogP contribution < -0.4 is 20.5 Å². The molecule has 6 nitrogen and oxygen atoms in total. The van der Waals surface area contributed by atoms with E-state index in [9.17, 15) is 0 Å². The number of nitrogens with two attached hydrogens (primary N) is 1. The minimum absolute atomic E-state index is 0.165. The van der Waals surface area contributed by atoms with Gasteiger partial charge in [0.25, 0.3) is 0 Å². The molecule has 146 valence electrons. The third kappa shape index (κ3) is 6.83. The van der Waals surface area contributed by atoms with Gasteiger partial charge in [-0.2, -0.15) is 0 Å². The monoisotopic (exact) mass is 371 g/mol. The van der Waals surface area contributed by atoms with Crippen molar-refractivity contribution in [2.45, 2.75) is 39.5 Å². The van der Waals surface area contributed by atoms with Crippen LogP contribution in [0, 0.1) is 0 Å². The Labute approximate surface area is 161 Å². The van der Waals surface area contributed by atoms with Gasteiger partial charge in [0.05, 0.1) is 33.0 Å². The summed E-state index contributed by atoms with van der Waals surface area (Å²) in [5.41, 5.74) is 8.81. The first kappa shape index (κ1) is 20.6. The van der Waals surface area contributed by atoms with E-state index in [-0.39, 0.29) is 5.60 Å². The standard InChI is InChI=1S/C21H29N3O3/c1-21(2,3)27-14-16-8-6-7-15(11-16)13-23-20(22)24-17-9-10-18(25-4)19(12-17)26-5/h6-12H,13-14H2,1-5H3,(H3,22,23,24). The van der Waals surface area contributed by atoms with Crippen molar-refractivity contribution in [1.29, 1.82) is 0 Å². The van der Waals surface area contributed by atoms with E-state index >= 15 is 0 Å². The molecule has 0 aliphatic rings. The van der Waals surface area contributed by atoms with Crippen LogP contribution in [0.4, 0.5) is 5.69 Å². The Morgan fingerprint density at radius 1 is 1.00 bits per heavy atom. The minimum Gasteiger partial charge on any atom is -0.493 e. The van der Waals surface area contributed by atoms with Crippen LogP contribution in [0.5, 0.6) is 11.5 Å². The molecule has 0 saturated carbocycles. The first-order chi connectivity index (χ1) is 12.8. The zero-order valence-electron chi connectivity index (χ0n) is 16.7. The second-order valence-corrected chi connectivity index (χ2v) is 7.12. The number of hydrogen-bond donors (Lipinski definition) is 2. The lowest BCUT2D eigenvalue weighted by molar-refractivity contribution is -0.0149. The van der Waals surface area contributed by atoms with Crippen LogP contribution in [0.15, 0.2) is 47.5 Å². The maximum atomic E-state index is 6.01. The first-order valence-electron chi connectivity index (χ1n) is 8.81. The SMILES string of the molecule is COc1ccc(NC(N)=NCc2cccc(COC(C)(C)C)c2)cc1OC. The number of methoxy groups -OCH3 is 2. The normalized spacial score (nSPS) is 12.0. The highest BCUT2D eigenvalue weighted by Crippen LogP contribution is 2.29. The van der Waals surface area contributed by atoms with Crippen LogP contribution in [0.1, 0.15) is 31.9 Å². The van der Waals surface area contributed by atoms with Crippen molar-refractivity contribution in [2.75, 3.05) is 19.5 Å². The molecule has 27 heavy (non-hydrogen) atoms. The van der Waals surface area contributed by atoms with Gasteiger partial charge < -0.3 is 25.3 Å². The van der Waals surface area contributed by atoms with Crippen LogP contribution in [-0.2, 0) is 17.9 Å². The van der Waals surface area contributed by atoms with Gasteiger partial charge in [-0.05, 0) is 44.0 Å². The van der Waals surface area contributed by atoms with E-state index in [1.165, 1.54) is 0 Å². The van der Waals surface area contributed by atoms with Crippen LogP contribution in [0.3, 0.4) is 0 Å². The predicted molar refractivity (Wildman–Crippen MR) is 109 cm³/mol. The molecule has 0 aliphatic carbocycles. The highest BCUT2D eigenvalue weighted by Gasteiger charge is 2.10. The third-order valence-corrected chi connectivity index (χ3v) is 3.75. The molecule has 0 atom stereocenters. The predicted octanol–water partition coefficient (Wildman–Crippen LogP) is 3.95. The Hall–Kier alpha value is -2.73. The summed E-state index contributed by atoms with van der Waals surface area (Å²) < 4.78 is 16.3. The van der Waals surface area contributed by atoms with Crippen LogP contribution >= 0.6 is 0 Å². The van der Waals surface area contributed by atoms with Gasteiger partial charge in [-0.3, -0.25) is 0 Å². The number of nitrogens with zero attached hydrogens (tertiary/aromatic N) is 1. The molecular weight excluding hydrogens is 342 g/mol. The van der Waals surface area contributed by atoms with Gasteiger partial charge in [-0.15, -0.1) is 0 Å². The highest BCUT2D eigenvalue weighted by molar-refractivity contribution is 5.92. The summed E-state index contributed by atoms with van der Waals surface area (Å²) in [6, 6.07) is 13.6. The van der Waals surface area contributed by atoms with Gasteiger partial charge in [0.2, 0.25) is 0 Å². The molecule has 0 aromatic heterocycles. The van der Waals surface area contributed by atoms with Gasteiger partial charge in [0.15, 0.2) is 17.5 Å². The van der Waals surface area contributed by atoms with Gasteiger partial charge in [-0.25, -0.2) is 4.99 Å². The molecule has 2 aromatic carbocycles. The molecule has 0 saturated heterocycles. The zero-order valence-corrected chi connectivity index (χ0v) is 16.7. The van der Waals surface area contributed by atoms with Crippen molar-refractivity contribution < 1.29 is 14.2 Å². The summed E-state index contributed by atoms with van der Waals surface area (Å²) in [7, 11) is 3.19. The van der Waals surface area contributed by atoms with Crippen LogP contribution in [0.2, 0.25) is 0 Å². The molecule has 0 fully saturated rings. The van der Waals surface area contributed by atoms with Gasteiger partial charge in [0, 0.05) is 11.8 Å². The van der Waals surface area contributed by atoms with E-state index in [0.717, 1.165) is 16.8 Å². The fraction of sp³-hybridized carbons (Fsp3) is 0.381. The fourth-order valence-electron chi connectivity index (χ4n) is 2.40. The van der Waals surface area contributed by atoms with E-state index in [0.29, 0.717) is 30.6 Å². The second kappa shape index (κ2) is 9.28. The molecule has 0 spiro atoms. The Morgan fingerprint density at radius 3 is 2.37 bits per heavy atom. The average molecular weight is 371 g/mol. The van der Waals surface area contributed by atoms with E-state index in [1.807, 2.05) is 57.2 Å². The highest BCUT2D eigenvalue weighted by atomic mass is 16.5. The minimum atomic E-state index is -0.165. The molecular formula is C21H29N3O3. The molecule has 0 amide bonds. The van der Waals surface area contributed by atoms with E-state index in [4.69, 9.17) is 19.9 Å². The summed E-state index contributed by atoms with van der Waals surface area (Å²) in [6.07, 6.45) is 0. The number of guanidine groups is 1. The lowest BCUT2D eigenvalue weighted by Gasteiger charge is -2.19. The van der Waals surface area contributed by atoms with Crippen molar-refractivity contribution >= 4 is 11.6 Å². The quantitative estimate of drug-likeness (QED) is 0.569. The summed E-state index contributed by atoms with van der Waals surface area (Å²) >= 11 is 0. The summed E-state index contributed by atoms with van der Waals surface area (Å²) in [4.78, 5) is 4.41. The third-order valence-electron chi connectivity index (χ3n) is 3.75. The molecule has 0 aliphatic heterocycles. The fourth-order valence-corrected chi connectivity index (χ4v) is 2.40. The van der Waals surface area contributed by atoms with Crippen LogP contribution in [-0.4, -0.2) is 25.8 Å². The lowest BCUT2D eigenvalue weighted by Crippen LogP contribution is -2.22. The topological polar surface area (TPSA) is 78.1 Å². The summed E-state index contributed by atoms with van der Waals surface area (Å²) in [6.45, 7) is 7.18. The molecule has 0 heterocycles. The Morgan fingerprint density at radius 2 is 1.70 bits per heavy atom. The molecule has 2 aromatic rings. The lowest BCUT2D eigenvalue weighted by atomic mass is 10.1. The molecule has 0 unspecified atom stereocenters. The van der Waals surface area contributed by atoms with E-state index in [1.54, 1.807) is 14.2 Å². The van der Waals surface area contributed by atoms with Crippen molar-refractivity contribution in [3.05, 3.63) is 53.6 Å². The van der Waals surface area contributed by atoms with Crippen LogP contribution in [0.25, 0.3) is 0 Å². The van der Waals surface area contributed by atoms with Crippen molar-refractivity contribution in [2.24, 2.45) is 10.7 Å². The first-order valence-corrected chi connectivity index (χ1v) is 8.81. The van der Waals surface area contributed by atoms with E-state index in [2.05, 4.69) is 16.4 Å². The number of rotatable bonds is 7. The number of aliphatic imine (C=N–C) groups is 1. The maximum absolute atomic E-state index is 6.01. The zero-order chi connectivity index (χ0) is 19.9. The molecule has 0 bridgehead atoms. The number of benzene rings is 2. The van der Waals surface area contributed by atoms with Crippen molar-refractivity contribution in [3.8, 4) is 11.5 Å². The second-order valence-electron chi connectivity index (χ2n) is 7.12. The Bertz CT molecular complexity index is 782. The number of nitrogens with one attached hydrogen (secondary N) is 1. The molecule has 0 radical (unpaired) electrons. The van der Waals surface area contributed by atoms with Gasteiger partial charge in [-0.1, -0.05) is 24.3 Å². The maximum Gasteiger partial charge on any atom is 0.193 e. The largest absolute Gasteiger partial charge is 0.493 e. The molecule has 6 heteroatoms. The average Bonchev–Trinajstić information content (AvgIpc) is 2.64. The van der Waals surface area contributed by atoms with Crippen molar-refractivity contribution in [1.82, 2.24) is 0 Å². The summed E-state index contributed by atoms with van der Waals surface area (Å²) in [5.74, 6) is 1.62. The smallest absolute Gasteiger partial charge is 0.193 e. The van der Waals surface area contributed by atoms with Gasteiger partial charge >= 0.3 is 0 Å². The van der Waals surface area contributed by atoms with Gasteiger partial charge in [0.1, 0.15) is 0 Å². The number of anilines is 1. The number of hydrogen-bond acceptors (Lipinski definition) is 4. The molecule has 2 rings (SSSR count). The Kier molecular flexibility index (Phi) is 7.07.